The molecule has 0 N–H and O–H groups in total. The van der Waals surface area contributed by atoms with Crippen molar-refractivity contribution in [3.63, 3.8) is 0 Å². The molecule has 0 aliphatic heterocycles. The molecule has 4 rings (SSSR count). The number of halogens is 1. The molecular weight excluding hydrogens is 442 g/mol. The average molecular weight is 462 g/mol. The maximum Gasteiger partial charge on any atom is 0.338 e. The zero-order valence-electron chi connectivity index (χ0n) is 16.7. The number of carbonyl (C=O) groups is 1. The van der Waals surface area contributed by atoms with Crippen molar-refractivity contribution < 1.29 is 22.4 Å². The van der Waals surface area contributed by atoms with E-state index in [2.05, 4.69) is 10.2 Å². The van der Waals surface area contributed by atoms with Crippen molar-refractivity contribution in [1.82, 2.24) is 14.5 Å². The average Bonchev–Trinajstić information content (AvgIpc) is 3.50. The normalized spacial score (nSPS) is 14.0. The predicted octanol–water partition coefficient (Wildman–Crippen LogP) is 3.92. The van der Waals surface area contributed by atoms with Crippen molar-refractivity contribution in [2.24, 2.45) is 0 Å². The van der Waals surface area contributed by atoms with Gasteiger partial charge in [-0.3, -0.25) is 0 Å². The van der Waals surface area contributed by atoms with Crippen molar-refractivity contribution >= 4 is 27.6 Å². The molecule has 3 aromatic rings. The lowest BCUT2D eigenvalue weighted by Crippen LogP contribution is -2.32. The van der Waals surface area contributed by atoms with E-state index in [4.69, 9.17) is 20.8 Å². The molecule has 0 radical (unpaired) electrons. The largest absolute Gasteiger partial charge is 0.462 e. The summed E-state index contributed by atoms with van der Waals surface area (Å²) in [6, 6.07) is 12.6. The second-order valence-electron chi connectivity index (χ2n) is 7.01. The summed E-state index contributed by atoms with van der Waals surface area (Å²) in [7, 11) is -3.83. The van der Waals surface area contributed by atoms with Gasteiger partial charge in [0.2, 0.25) is 21.8 Å². The molecule has 162 valence electrons. The molecular formula is C21H20ClN3O5S. The molecule has 0 spiro atoms. The van der Waals surface area contributed by atoms with Gasteiger partial charge in [-0.2, -0.15) is 4.31 Å². The zero-order valence-corrected chi connectivity index (χ0v) is 18.3. The summed E-state index contributed by atoms with van der Waals surface area (Å²) in [6.45, 7) is 1.90. The van der Waals surface area contributed by atoms with E-state index in [9.17, 15) is 13.2 Å². The second kappa shape index (κ2) is 8.78. The van der Waals surface area contributed by atoms with Crippen molar-refractivity contribution in [1.29, 1.82) is 0 Å². The summed E-state index contributed by atoms with van der Waals surface area (Å²) in [5.74, 6) is -0.0930. The van der Waals surface area contributed by atoms with E-state index in [1.54, 1.807) is 31.2 Å². The van der Waals surface area contributed by atoms with Gasteiger partial charge in [0.15, 0.2) is 0 Å². The molecule has 8 nitrogen and oxygen atoms in total. The number of hydrogen-bond acceptors (Lipinski definition) is 7. The van der Waals surface area contributed by atoms with Gasteiger partial charge in [0.25, 0.3) is 0 Å². The van der Waals surface area contributed by atoms with Gasteiger partial charge in [0, 0.05) is 6.04 Å². The minimum absolute atomic E-state index is 0.0515. The van der Waals surface area contributed by atoms with Crippen LogP contribution < -0.4 is 0 Å². The van der Waals surface area contributed by atoms with E-state index in [1.807, 2.05) is 0 Å². The molecule has 2 aromatic carbocycles. The standard InChI is InChI=1S/C21H20ClN3O5S/c1-2-29-21(26)14-7-11-16(12-8-14)31(27,28)25(15-9-10-15)13-19-23-24-20(30-19)17-5-3-4-6-18(17)22/h3-8,11-12,15H,2,9-10,13H2,1H3. The summed E-state index contributed by atoms with van der Waals surface area (Å²) < 4.78 is 38.5. The highest BCUT2D eigenvalue weighted by molar-refractivity contribution is 7.89. The lowest BCUT2D eigenvalue weighted by Gasteiger charge is -2.20. The van der Waals surface area contributed by atoms with Gasteiger partial charge in [-0.05, 0) is 56.2 Å². The molecule has 0 unspecified atom stereocenters. The molecule has 0 bridgehead atoms. The number of sulfonamides is 1. The van der Waals surface area contributed by atoms with Crippen LogP contribution >= 0.6 is 11.6 Å². The number of benzene rings is 2. The van der Waals surface area contributed by atoms with Gasteiger partial charge in [0.1, 0.15) is 0 Å². The molecule has 1 heterocycles. The molecule has 0 amide bonds. The molecule has 10 heteroatoms. The Bertz CT molecular complexity index is 1190. The summed E-state index contributed by atoms with van der Waals surface area (Å²) in [4.78, 5) is 11.9. The van der Waals surface area contributed by atoms with E-state index >= 15 is 0 Å². The maximum atomic E-state index is 13.3. The highest BCUT2D eigenvalue weighted by Gasteiger charge is 2.39. The molecule has 0 atom stereocenters. The summed E-state index contributed by atoms with van der Waals surface area (Å²) in [5.41, 5.74) is 0.873. The third kappa shape index (κ3) is 4.63. The minimum atomic E-state index is -3.83. The number of nitrogens with zero attached hydrogens (tertiary/aromatic N) is 3. The Morgan fingerprint density at radius 3 is 2.52 bits per heavy atom. The van der Waals surface area contributed by atoms with Crippen LogP contribution in [0.15, 0.2) is 57.8 Å². The Balaban J connectivity index is 1.57. The van der Waals surface area contributed by atoms with Crippen molar-refractivity contribution in [3.05, 3.63) is 65.0 Å². The number of ether oxygens (including phenoxy) is 1. The zero-order chi connectivity index (χ0) is 22.0. The molecule has 31 heavy (non-hydrogen) atoms. The first-order valence-electron chi connectivity index (χ1n) is 9.76. The van der Waals surface area contributed by atoms with Gasteiger partial charge in [-0.1, -0.05) is 23.7 Å². The molecule has 1 fully saturated rings. The summed E-state index contributed by atoms with van der Waals surface area (Å²) in [6.07, 6.45) is 1.51. The predicted molar refractivity (Wildman–Crippen MR) is 113 cm³/mol. The Kier molecular flexibility index (Phi) is 6.08. The topological polar surface area (TPSA) is 103 Å². The number of rotatable bonds is 8. The van der Waals surface area contributed by atoms with Gasteiger partial charge in [-0.15, -0.1) is 10.2 Å². The lowest BCUT2D eigenvalue weighted by molar-refractivity contribution is 0.0526. The van der Waals surface area contributed by atoms with Gasteiger partial charge in [0.05, 0.1) is 34.2 Å². The van der Waals surface area contributed by atoms with Crippen LogP contribution in [0.5, 0.6) is 0 Å². The molecule has 1 saturated carbocycles. The molecule has 1 aliphatic carbocycles. The van der Waals surface area contributed by atoms with Crippen LogP contribution in [-0.2, 0) is 21.3 Å². The van der Waals surface area contributed by atoms with Crippen LogP contribution in [0.4, 0.5) is 0 Å². The fourth-order valence-electron chi connectivity index (χ4n) is 3.08. The first-order valence-corrected chi connectivity index (χ1v) is 11.6. The van der Waals surface area contributed by atoms with Crippen LogP contribution in [0.1, 0.15) is 36.0 Å². The number of carbonyl (C=O) groups excluding carboxylic acids is 1. The summed E-state index contributed by atoms with van der Waals surface area (Å²) in [5, 5.41) is 8.48. The highest BCUT2D eigenvalue weighted by Crippen LogP contribution is 2.34. The van der Waals surface area contributed by atoms with E-state index in [-0.39, 0.29) is 35.9 Å². The van der Waals surface area contributed by atoms with E-state index in [0.29, 0.717) is 16.1 Å². The van der Waals surface area contributed by atoms with Crippen LogP contribution in [0.2, 0.25) is 5.02 Å². The SMILES string of the molecule is CCOC(=O)c1ccc(S(=O)(=O)N(Cc2nnc(-c3ccccc3Cl)o2)C2CC2)cc1. The fourth-order valence-corrected chi connectivity index (χ4v) is 4.93. The number of hydrogen-bond donors (Lipinski definition) is 0. The van der Waals surface area contributed by atoms with Crippen LogP contribution in [0.25, 0.3) is 11.5 Å². The first-order chi connectivity index (χ1) is 14.9. The summed E-state index contributed by atoms with van der Waals surface area (Å²) >= 11 is 6.17. The molecule has 1 aliphatic rings. The van der Waals surface area contributed by atoms with Crippen LogP contribution in [0.3, 0.4) is 0 Å². The minimum Gasteiger partial charge on any atom is -0.462 e. The smallest absolute Gasteiger partial charge is 0.338 e. The maximum absolute atomic E-state index is 13.3. The van der Waals surface area contributed by atoms with Crippen LogP contribution in [0, 0.1) is 0 Å². The number of esters is 1. The Morgan fingerprint density at radius 1 is 1.16 bits per heavy atom. The van der Waals surface area contributed by atoms with E-state index in [0.717, 1.165) is 12.8 Å². The van der Waals surface area contributed by atoms with Crippen molar-refractivity contribution in [2.75, 3.05) is 6.61 Å². The first kappa shape index (κ1) is 21.5. The quantitative estimate of drug-likeness (QED) is 0.468. The van der Waals surface area contributed by atoms with Crippen molar-refractivity contribution in [2.45, 2.75) is 37.2 Å². The van der Waals surface area contributed by atoms with E-state index in [1.165, 1.54) is 28.6 Å². The van der Waals surface area contributed by atoms with Gasteiger partial charge in [-0.25, -0.2) is 13.2 Å². The number of aromatic nitrogens is 2. The van der Waals surface area contributed by atoms with Crippen molar-refractivity contribution in [3.8, 4) is 11.5 Å². The van der Waals surface area contributed by atoms with Crippen LogP contribution in [-0.4, -0.2) is 41.5 Å². The second-order valence-corrected chi connectivity index (χ2v) is 9.30. The third-order valence-corrected chi connectivity index (χ3v) is 7.03. The van der Waals surface area contributed by atoms with Gasteiger partial charge >= 0.3 is 5.97 Å². The molecule has 1 aromatic heterocycles. The van der Waals surface area contributed by atoms with E-state index < -0.39 is 16.0 Å². The monoisotopic (exact) mass is 461 g/mol. The lowest BCUT2D eigenvalue weighted by atomic mass is 10.2. The fraction of sp³-hybridized carbons (Fsp3) is 0.286. The Morgan fingerprint density at radius 2 is 1.87 bits per heavy atom. The highest BCUT2D eigenvalue weighted by atomic mass is 35.5. The van der Waals surface area contributed by atoms with Gasteiger partial charge < -0.3 is 9.15 Å². The Hall–Kier alpha value is -2.75. The third-order valence-electron chi connectivity index (χ3n) is 4.79. The molecule has 0 saturated heterocycles. The Labute approximate surface area is 184 Å².